The molecule has 0 aliphatic carbocycles. The molecule has 0 aromatic carbocycles. The predicted molar refractivity (Wildman–Crippen MR) is 264 cm³/mol. The summed E-state index contributed by atoms with van der Waals surface area (Å²) in [5.74, 6) is -0.547. The molecule has 0 saturated heterocycles. The average Bonchev–Trinajstić information content (AvgIpc) is 3.25. The highest BCUT2D eigenvalue weighted by molar-refractivity contribution is 5.77. The van der Waals surface area contributed by atoms with Crippen molar-refractivity contribution >= 4 is 11.9 Å². The standard InChI is InChI=1S/C55H97NO5/c1-4-7-10-13-16-19-21-23-25-26-27-29-31-33-36-39-42-45-48-55(60)61-51(46-43-40-37-35-32-30-28-24-22-20-17-14-11-8-5-2)49-54(59)56-52(50-57)53(58)47-44-41-38-34-18-15-12-9-6-3/h8,11,14,17,20,22,24,28,30,32,35,37,51-53,57-58H,4-7,9-10,12-13,15-16,18-19,21,23,25-27,29,31,33-34,36,38-50H2,1-3H3,(H,56,59)/b11-8-,17-14+,22-20+,28-24-,32-30+,37-35+. The van der Waals surface area contributed by atoms with E-state index in [1.807, 2.05) is 60.8 Å². The lowest BCUT2D eigenvalue weighted by molar-refractivity contribution is -0.151. The minimum atomic E-state index is -0.807. The number of amides is 1. The lowest BCUT2D eigenvalue weighted by atomic mass is 10.0. The largest absolute Gasteiger partial charge is 0.462 e. The molecule has 61 heavy (non-hydrogen) atoms. The van der Waals surface area contributed by atoms with Crippen LogP contribution in [-0.4, -0.2) is 46.9 Å². The number of aliphatic hydroxyl groups is 2. The summed E-state index contributed by atoms with van der Waals surface area (Å²) >= 11 is 0. The smallest absolute Gasteiger partial charge is 0.306 e. The maximum Gasteiger partial charge on any atom is 0.306 e. The van der Waals surface area contributed by atoms with Crippen LogP contribution in [0.1, 0.15) is 239 Å². The topological polar surface area (TPSA) is 95.9 Å². The SMILES string of the molecule is CC\C=C/C=C/C=C/C=C\C=C\C=C\CCCC(CC(=O)NC(CO)C(O)CCCCCCCCCCC)OC(=O)CCCCCCCCCCCCCCCCCCCC. The number of hydrogen-bond donors (Lipinski definition) is 3. The van der Waals surface area contributed by atoms with Gasteiger partial charge in [-0.3, -0.25) is 9.59 Å². The summed E-state index contributed by atoms with van der Waals surface area (Å²) in [6, 6.07) is -0.726. The quantitative estimate of drug-likeness (QED) is 0.0322. The first-order chi connectivity index (χ1) is 30.0. The van der Waals surface area contributed by atoms with E-state index in [1.165, 1.54) is 135 Å². The van der Waals surface area contributed by atoms with Crippen LogP contribution in [0.4, 0.5) is 0 Å². The number of esters is 1. The minimum Gasteiger partial charge on any atom is -0.462 e. The number of carbonyl (C=O) groups excluding carboxylic acids is 2. The van der Waals surface area contributed by atoms with E-state index in [1.54, 1.807) is 0 Å². The van der Waals surface area contributed by atoms with Gasteiger partial charge in [0.15, 0.2) is 0 Å². The van der Waals surface area contributed by atoms with E-state index < -0.39 is 18.2 Å². The fraction of sp³-hybridized carbons (Fsp3) is 0.745. The number of rotatable bonds is 45. The Hall–Kier alpha value is -2.70. The van der Waals surface area contributed by atoms with Crippen LogP contribution in [0, 0.1) is 0 Å². The Morgan fingerprint density at radius 1 is 0.492 bits per heavy atom. The van der Waals surface area contributed by atoms with E-state index in [-0.39, 0.29) is 24.9 Å². The van der Waals surface area contributed by atoms with E-state index in [9.17, 15) is 19.8 Å². The van der Waals surface area contributed by atoms with E-state index in [0.717, 1.165) is 57.8 Å². The molecule has 0 spiro atoms. The normalized spacial score (nSPS) is 13.9. The molecule has 1 amide bonds. The Morgan fingerprint density at radius 2 is 0.885 bits per heavy atom. The molecule has 0 saturated carbocycles. The van der Waals surface area contributed by atoms with E-state index >= 15 is 0 Å². The Kier molecular flexibility index (Phi) is 46.2. The second-order valence-electron chi connectivity index (χ2n) is 17.4. The monoisotopic (exact) mass is 852 g/mol. The average molecular weight is 852 g/mol. The van der Waals surface area contributed by atoms with Crippen LogP contribution >= 0.6 is 0 Å². The third-order valence-corrected chi connectivity index (χ3v) is 11.5. The zero-order chi connectivity index (χ0) is 44.5. The van der Waals surface area contributed by atoms with Gasteiger partial charge in [0.1, 0.15) is 6.10 Å². The molecule has 0 aromatic heterocycles. The first kappa shape index (κ1) is 58.3. The van der Waals surface area contributed by atoms with Crippen molar-refractivity contribution in [3.05, 3.63) is 72.9 Å². The number of nitrogens with one attached hydrogen (secondary N) is 1. The third-order valence-electron chi connectivity index (χ3n) is 11.5. The Labute approximate surface area is 377 Å². The second kappa shape index (κ2) is 48.3. The molecule has 0 radical (unpaired) electrons. The van der Waals surface area contributed by atoms with Crippen LogP contribution in [0.3, 0.4) is 0 Å². The van der Waals surface area contributed by atoms with Crippen molar-refractivity contribution < 1.29 is 24.5 Å². The molecule has 0 rings (SSSR count). The molecule has 0 bridgehead atoms. The maximum atomic E-state index is 13.2. The fourth-order valence-electron chi connectivity index (χ4n) is 7.59. The Bertz CT molecular complexity index is 1140. The second-order valence-corrected chi connectivity index (χ2v) is 17.4. The Balaban J connectivity index is 4.66. The van der Waals surface area contributed by atoms with E-state index in [2.05, 4.69) is 38.2 Å². The molecule has 0 heterocycles. The van der Waals surface area contributed by atoms with Crippen molar-refractivity contribution in [1.82, 2.24) is 5.32 Å². The van der Waals surface area contributed by atoms with Gasteiger partial charge < -0.3 is 20.3 Å². The summed E-state index contributed by atoms with van der Waals surface area (Å²) < 4.78 is 5.90. The summed E-state index contributed by atoms with van der Waals surface area (Å²) in [6.45, 7) is 6.30. The Morgan fingerprint density at radius 3 is 1.31 bits per heavy atom. The molecule has 3 N–H and O–H groups in total. The predicted octanol–water partition coefficient (Wildman–Crippen LogP) is 15.4. The molecular formula is C55H97NO5. The summed E-state index contributed by atoms with van der Waals surface area (Å²) in [7, 11) is 0. The molecule has 0 aromatic rings. The molecule has 6 heteroatoms. The maximum absolute atomic E-state index is 13.2. The number of hydrogen-bond acceptors (Lipinski definition) is 5. The van der Waals surface area contributed by atoms with Gasteiger partial charge in [-0.25, -0.2) is 0 Å². The highest BCUT2D eigenvalue weighted by Gasteiger charge is 2.24. The summed E-state index contributed by atoms with van der Waals surface area (Å²) in [4.78, 5) is 26.1. The van der Waals surface area contributed by atoms with Crippen LogP contribution in [0.25, 0.3) is 0 Å². The summed E-state index contributed by atoms with van der Waals surface area (Å²) in [6.07, 6.45) is 61.2. The van der Waals surface area contributed by atoms with Gasteiger partial charge in [0, 0.05) is 6.42 Å². The van der Waals surface area contributed by atoms with Gasteiger partial charge in [-0.05, 0) is 38.5 Å². The van der Waals surface area contributed by atoms with Crippen LogP contribution < -0.4 is 5.32 Å². The van der Waals surface area contributed by atoms with Gasteiger partial charge >= 0.3 is 5.97 Å². The number of ether oxygens (including phenoxy) is 1. The lowest BCUT2D eigenvalue weighted by Gasteiger charge is -2.24. The van der Waals surface area contributed by atoms with Crippen LogP contribution in [0.2, 0.25) is 0 Å². The van der Waals surface area contributed by atoms with Crippen molar-refractivity contribution in [2.45, 2.75) is 257 Å². The van der Waals surface area contributed by atoms with Crippen molar-refractivity contribution in [1.29, 1.82) is 0 Å². The van der Waals surface area contributed by atoms with Crippen molar-refractivity contribution in [2.75, 3.05) is 6.61 Å². The lowest BCUT2D eigenvalue weighted by Crippen LogP contribution is -2.46. The molecule has 0 aliphatic rings. The van der Waals surface area contributed by atoms with Crippen LogP contribution in [-0.2, 0) is 14.3 Å². The molecule has 0 aliphatic heterocycles. The van der Waals surface area contributed by atoms with Crippen molar-refractivity contribution in [2.24, 2.45) is 0 Å². The van der Waals surface area contributed by atoms with Gasteiger partial charge in [0.05, 0.1) is 25.2 Å². The van der Waals surface area contributed by atoms with Crippen LogP contribution in [0.5, 0.6) is 0 Å². The highest BCUT2D eigenvalue weighted by atomic mass is 16.5. The summed E-state index contributed by atoms with van der Waals surface area (Å²) in [5, 5.41) is 23.6. The van der Waals surface area contributed by atoms with Crippen LogP contribution in [0.15, 0.2) is 72.9 Å². The van der Waals surface area contributed by atoms with Gasteiger partial charge in [-0.15, -0.1) is 0 Å². The molecule has 352 valence electrons. The molecule has 3 unspecified atom stereocenters. The number of unbranched alkanes of at least 4 members (excludes halogenated alkanes) is 26. The molecular weight excluding hydrogens is 755 g/mol. The zero-order valence-corrected chi connectivity index (χ0v) is 40.0. The third kappa shape index (κ3) is 43.7. The van der Waals surface area contributed by atoms with E-state index in [0.29, 0.717) is 19.3 Å². The van der Waals surface area contributed by atoms with Crippen molar-refractivity contribution in [3.63, 3.8) is 0 Å². The number of aliphatic hydroxyl groups excluding tert-OH is 2. The first-order valence-corrected chi connectivity index (χ1v) is 25.7. The minimum absolute atomic E-state index is 0.0259. The number of allylic oxidation sites excluding steroid dienone is 12. The molecule has 3 atom stereocenters. The molecule has 6 nitrogen and oxygen atoms in total. The molecule has 0 fully saturated rings. The van der Waals surface area contributed by atoms with Gasteiger partial charge in [0.25, 0.3) is 0 Å². The zero-order valence-electron chi connectivity index (χ0n) is 40.0. The number of carbonyl (C=O) groups is 2. The summed E-state index contributed by atoms with van der Waals surface area (Å²) in [5.41, 5.74) is 0. The van der Waals surface area contributed by atoms with Gasteiger partial charge in [0.2, 0.25) is 5.91 Å². The first-order valence-electron chi connectivity index (χ1n) is 25.7. The van der Waals surface area contributed by atoms with E-state index in [4.69, 9.17) is 4.74 Å². The highest BCUT2D eigenvalue weighted by Crippen LogP contribution is 2.17. The van der Waals surface area contributed by atoms with Crippen molar-refractivity contribution in [3.8, 4) is 0 Å². The van der Waals surface area contributed by atoms with Gasteiger partial charge in [-0.2, -0.15) is 0 Å². The fourth-order valence-corrected chi connectivity index (χ4v) is 7.59. The van der Waals surface area contributed by atoms with Gasteiger partial charge in [-0.1, -0.05) is 261 Å².